The summed E-state index contributed by atoms with van der Waals surface area (Å²) in [4.78, 5) is 2.30. The summed E-state index contributed by atoms with van der Waals surface area (Å²) in [5, 5.41) is 10.3. The third kappa shape index (κ3) is 2.47. The molecule has 19 heavy (non-hydrogen) atoms. The summed E-state index contributed by atoms with van der Waals surface area (Å²) < 4.78 is 19.4. The fraction of sp³-hybridized carbons (Fsp3) is 0.600. The summed E-state index contributed by atoms with van der Waals surface area (Å²) in [5.74, 6) is 0.322. The van der Waals surface area contributed by atoms with E-state index in [-0.39, 0.29) is 11.4 Å². The first kappa shape index (κ1) is 12.9. The number of ether oxygens (including phenoxy) is 1. The van der Waals surface area contributed by atoms with E-state index in [1.54, 1.807) is 6.07 Å². The molecule has 1 fully saturated rings. The van der Waals surface area contributed by atoms with Crippen LogP contribution in [-0.4, -0.2) is 35.7 Å². The lowest BCUT2D eigenvalue weighted by molar-refractivity contribution is -0.0238. The minimum absolute atomic E-state index is 0.283. The van der Waals surface area contributed by atoms with E-state index in [9.17, 15) is 9.50 Å². The van der Waals surface area contributed by atoms with Crippen LogP contribution in [0.25, 0.3) is 0 Å². The van der Waals surface area contributed by atoms with Gasteiger partial charge in [-0.25, -0.2) is 4.39 Å². The van der Waals surface area contributed by atoms with E-state index < -0.39 is 6.10 Å². The molecule has 0 bridgehead atoms. The number of hydrogen-bond donors (Lipinski definition) is 1. The molecule has 2 aliphatic rings. The van der Waals surface area contributed by atoms with Crippen LogP contribution in [0.5, 0.6) is 5.75 Å². The highest BCUT2D eigenvalue weighted by atomic mass is 19.1. The molecule has 3 rings (SSSR count). The molecule has 0 aromatic heterocycles. The molecule has 1 aromatic carbocycles. The Labute approximate surface area is 113 Å². The zero-order valence-electron chi connectivity index (χ0n) is 11.2. The van der Waals surface area contributed by atoms with Gasteiger partial charge in [0.25, 0.3) is 0 Å². The van der Waals surface area contributed by atoms with Gasteiger partial charge in [-0.2, -0.15) is 0 Å². The molecule has 3 nitrogen and oxygen atoms in total. The average molecular weight is 265 g/mol. The summed E-state index contributed by atoms with van der Waals surface area (Å²) in [7, 11) is 2.11. The Bertz CT molecular complexity index is 479. The van der Waals surface area contributed by atoms with Gasteiger partial charge in [0.15, 0.2) is 0 Å². The van der Waals surface area contributed by atoms with Gasteiger partial charge in [-0.1, -0.05) is 0 Å². The number of aliphatic hydroxyl groups is 1. The summed E-state index contributed by atoms with van der Waals surface area (Å²) in [6.07, 6.45) is 2.88. The lowest BCUT2D eigenvalue weighted by Crippen LogP contribution is -2.41. The Morgan fingerprint density at radius 3 is 3.05 bits per heavy atom. The van der Waals surface area contributed by atoms with Gasteiger partial charge in [-0.15, -0.1) is 0 Å². The van der Waals surface area contributed by atoms with Crippen molar-refractivity contribution in [2.45, 2.75) is 37.4 Å². The van der Waals surface area contributed by atoms with Crippen LogP contribution in [-0.2, 0) is 0 Å². The van der Waals surface area contributed by atoms with E-state index in [2.05, 4.69) is 11.9 Å². The molecular weight excluding hydrogens is 245 g/mol. The Morgan fingerprint density at radius 1 is 1.37 bits per heavy atom. The predicted molar refractivity (Wildman–Crippen MR) is 70.7 cm³/mol. The first-order valence-corrected chi connectivity index (χ1v) is 6.93. The van der Waals surface area contributed by atoms with Gasteiger partial charge < -0.3 is 14.7 Å². The van der Waals surface area contributed by atoms with E-state index in [4.69, 9.17) is 4.74 Å². The van der Waals surface area contributed by atoms with Gasteiger partial charge in [-0.3, -0.25) is 0 Å². The molecule has 1 saturated heterocycles. The second-order valence-electron chi connectivity index (χ2n) is 5.84. The first-order chi connectivity index (χ1) is 9.08. The van der Waals surface area contributed by atoms with Gasteiger partial charge in [0.05, 0.1) is 6.10 Å². The Balaban J connectivity index is 1.89. The molecule has 2 heterocycles. The Kier molecular flexibility index (Phi) is 3.23. The Morgan fingerprint density at radius 2 is 2.21 bits per heavy atom. The molecule has 1 aromatic rings. The van der Waals surface area contributed by atoms with Crippen molar-refractivity contribution >= 4 is 0 Å². The molecular formula is C15H20FNO2. The maximum atomic E-state index is 13.2. The number of hydrogen-bond acceptors (Lipinski definition) is 3. The summed E-state index contributed by atoms with van der Waals surface area (Å²) in [6.45, 7) is 2.04. The second kappa shape index (κ2) is 4.76. The van der Waals surface area contributed by atoms with E-state index >= 15 is 0 Å². The molecule has 1 spiro atoms. The second-order valence-corrected chi connectivity index (χ2v) is 5.84. The molecule has 2 aliphatic heterocycles. The van der Waals surface area contributed by atoms with Crippen LogP contribution in [0.15, 0.2) is 18.2 Å². The SMILES string of the molecule is CN1CCCC2(CC1)CC(O)c1cc(F)ccc1O2. The molecule has 104 valence electrons. The third-order valence-corrected chi connectivity index (χ3v) is 4.34. The fourth-order valence-electron chi connectivity index (χ4n) is 3.22. The van der Waals surface area contributed by atoms with Crippen molar-refractivity contribution in [3.8, 4) is 5.75 Å². The number of benzene rings is 1. The van der Waals surface area contributed by atoms with Gasteiger partial charge in [0.2, 0.25) is 0 Å². The quantitative estimate of drug-likeness (QED) is 0.782. The van der Waals surface area contributed by atoms with Crippen LogP contribution in [0.3, 0.4) is 0 Å². The molecule has 0 radical (unpaired) electrons. The lowest BCUT2D eigenvalue weighted by atomic mass is 9.83. The molecule has 0 saturated carbocycles. The topological polar surface area (TPSA) is 32.7 Å². The normalized spacial score (nSPS) is 31.6. The van der Waals surface area contributed by atoms with E-state index in [1.807, 2.05) is 0 Å². The van der Waals surface area contributed by atoms with Crippen LogP contribution in [0, 0.1) is 5.82 Å². The smallest absolute Gasteiger partial charge is 0.126 e. The number of rotatable bonds is 0. The molecule has 0 amide bonds. The van der Waals surface area contributed by atoms with Crippen LogP contribution in [0.2, 0.25) is 0 Å². The van der Waals surface area contributed by atoms with Crippen LogP contribution < -0.4 is 4.74 Å². The van der Waals surface area contributed by atoms with Crippen molar-refractivity contribution in [2.24, 2.45) is 0 Å². The highest BCUT2D eigenvalue weighted by Crippen LogP contribution is 2.44. The van der Waals surface area contributed by atoms with Crippen molar-refractivity contribution in [2.75, 3.05) is 20.1 Å². The molecule has 2 atom stereocenters. The first-order valence-electron chi connectivity index (χ1n) is 6.93. The zero-order chi connectivity index (χ0) is 13.5. The summed E-state index contributed by atoms with van der Waals surface area (Å²) in [5.41, 5.74) is 0.304. The number of halogens is 1. The van der Waals surface area contributed by atoms with Gasteiger partial charge in [-0.05, 0) is 51.1 Å². The summed E-state index contributed by atoms with van der Waals surface area (Å²) >= 11 is 0. The lowest BCUT2D eigenvalue weighted by Gasteiger charge is -2.40. The van der Waals surface area contributed by atoms with Crippen LogP contribution in [0.4, 0.5) is 4.39 Å². The van der Waals surface area contributed by atoms with Crippen molar-refractivity contribution in [1.82, 2.24) is 4.90 Å². The van der Waals surface area contributed by atoms with E-state index in [0.29, 0.717) is 17.7 Å². The number of fused-ring (bicyclic) bond motifs is 1. The van der Waals surface area contributed by atoms with Crippen LogP contribution in [0.1, 0.15) is 37.4 Å². The Hall–Kier alpha value is -1.13. The molecule has 4 heteroatoms. The summed E-state index contributed by atoms with van der Waals surface area (Å²) in [6, 6.07) is 4.42. The highest BCUT2D eigenvalue weighted by Gasteiger charge is 2.41. The standard InChI is InChI=1S/C15H20FNO2/c1-17-7-2-5-15(6-8-17)10-13(18)12-9-11(16)3-4-14(12)19-15/h3-4,9,13,18H,2,5-8,10H2,1H3. The predicted octanol–water partition coefficient (Wildman–Crippen LogP) is 2.50. The minimum Gasteiger partial charge on any atom is -0.487 e. The van der Waals surface area contributed by atoms with Crippen molar-refractivity contribution < 1.29 is 14.2 Å². The van der Waals surface area contributed by atoms with Crippen molar-refractivity contribution in [3.63, 3.8) is 0 Å². The molecule has 1 N–H and O–H groups in total. The molecule has 2 unspecified atom stereocenters. The van der Waals surface area contributed by atoms with Gasteiger partial charge >= 0.3 is 0 Å². The minimum atomic E-state index is -0.622. The maximum Gasteiger partial charge on any atom is 0.126 e. The van der Waals surface area contributed by atoms with Gasteiger partial charge in [0.1, 0.15) is 17.2 Å². The van der Waals surface area contributed by atoms with Gasteiger partial charge in [0, 0.05) is 18.5 Å². The average Bonchev–Trinajstić information content (AvgIpc) is 2.54. The highest BCUT2D eigenvalue weighted by molar-refractivity contribution is 5.38. The maximum absolute atomic E-state index is 13.2. The van der Waals surface area contributed by atoms with Crippen molar-refractivity contribution in [1.29, 1.82) is 0 Å². The fourth-order valence-corrected chi connectivity index (χ4v) is 3.22. The van der Waals surface area contributed by atoms with Crippen LogP contribution >= 0.6 is 0 Å². The largest absolute Gasteiger partial charge is 0.487 e. The van der Waals surface area contributed by atoms with E-state index in [0.717, 1.165) is 32.4 Å². The monoisotopic (exact) mass is 265 g/mol. The zero-order valence-corrected chi connectivity index (χ0v) is 11.2. The number of aliphatic hydroxyl groups excluding tert-OH is 1. The van der Waals surface area contributed by atoms with Crippen molar-refractivity contribution in [3.05, 3.63) is 29.6 Å². The third-order valence-electron chi connectivity index (χ3n) is 4.34. The number of likely N-dealkylation sites (tertiary alicyclic amines) is 1. The molecule has 0 aliphatic carbocycles. The number of nitrogens with zero attached hydrogens (tertiary/aromatic N) is 1. The van der Waals surface area contributed by atoms with E-state index in [1.165, 1.54) is 12.1 Å².